The maximum Gasteiger partial charge on any atom is 0.277 e. The van der Waals surface area contributed by atoms with Crippen molar-refractivity contribution in [1.29, 1.82) is 0 Å². The number of Topliss-reactive ketones (excluding diaryl/α,β-unsaturated/α-hetero) is 1. The maximum absolute atomic E-state index is 12.6. The summed E-state index contributed by atoms with van der Waals surface area (Å²) in [6.45, 7) is 1.75. The van der Waals surface area contributed by atoms with Gasteiger partial charge in [0.2, 0.25) is 5.95 Å². The average molecular weight is 511 g/mol. The Hall–Kier alpha value is -3.61. The number of aliphatic hydroxyl groups is 1. The molecule has 37 heavy (non-hydrogen) atoms. The number of hydrogen-bond donors (Lipinski definition) is 3. The second kappa shape index (κ2) is 11.6. The van der Waals surface area contributed by atoms with E-state index in [-0.39, 0.29) is 31.5 Å². The van der Waals surface area contributed by atoms with E-state index in [0.29, 0.717) is 28.4 Å². The molecule has 4 heterocycles. The first-order valence-electron chi connectivity index (χ1n) is 12.5. The lowest BCUT2D eigenvalue weighted by Gasteiger charge is -2.28. The fraction of sp³-hybridized carbons (Fsp3) is 0.480. The summed E-state index contributed by atoms with van der Waals surface area (Å²) in [4.78, 5) is 35.6. The number of aromatic amines is 1. The second-order valence-corrected chi connectivity index (χ2v) is 9.09. The number of nitrogens with zero attached hydrogens (tertiary/aromatic N) is 4. The number of carbonyl (C=O) groups excluding carboxylic acids is 1. The summed E-state index contributed by atoms with van der Waals surface area (Å²) >= 11 is 0. The molecule has 2 saturated heterocycles. The van der Waals surface area contributed by atoms with Gasteiger partial charge in [0.25, 0.3) is 5.56 Å². The molecule has 196 valence electrons. The maximum atomic E-state index is 12.6. The van der Waals surface area contributed by atoms with Crippen LogP contribution < -0.4 is 20.5 Å². The van der Waals surface area contributed by atoms with Crippen LogP contribution in [0.15, 0.2) is 35.3 Å². The number of H-pyrrole nitrogens is 1. The Morgan fingerprint density at radius 1 is 1.11 bits per heavy atom. The largest absolute Gasteiger partial charge is 0.491 e. The number of anilines is 3. The monoisotopic (exact) mass is 510 g/mol. The van der Waals surface area contributed by atoms with Gasteiger partial charge in [0.15, 0.2) is 5.78 Å². The number of carbonyl (C=O) groups is 1. The van der Waals surface area contributed by atoms with Gasteiger partial charge in [-0.05, 0) is 37.1 Å². The molecule has 2 aliphatic rings. The Balaban J connectivity index is 1.26. The van der Waals surface area contributed by atoms with Crippen molar-refractivity contribution in [3.05, 3.63) is 40.8 Å². The summed E-state index contributed by atoms with van der Waals surface area (Å²) < 4.78 is 16.9. The van der Waals surface area contributed by atoms with Crippen LogP contribution in [0.2, 0.25) is 0 Å². The Kier molecular flexibility index (Phi) is 7.87. The number of hydrogen-bond acceptors (Lipinski definition) is 11. The number of benzene rings is 1. The molecule has 0 unspecified atom stereocenters. The highest BCUT2D eigenvalue weighted by molar-refractivity contribution is 5.90. The minimum absolute atomic E-state index is 0.0945. The standard InChI is InChI=1S/C25H30N6O6/c32-12-20(33)21-15-36-18(14-37-21)13-35-17-7-5-16(6-8-17)27-23-22-19(11-26-30-24(22)34)28-25(29-23)31-9-3-1-2-4-10-31/h5-8,11,18,21,32H,1-4,9-10,12-15H2,(H,30,34)(H,27,28,29)/t18-,21-/m1/s1. The average Bonchev–Trinajstić information content (AvgIpc) is 3.22. The van der Waals surface area contributed by atoms with Crippen molar-refractivity contribution in [3.63, 3.8) is 0 Å². The lowest BCUT2D eigenvalue weighted by atomic mass is 10.2. The van der Waals surface area contributed by atoms with Gasteiger partial charge >= 0.3 is 0 Å². The molecule has 0 spiro atoms. The van der Waals surface area contributed by atoms with Crippen LogP contribution in [0, 0.1) is 0 Å². The summed E-state index contributed by atoms with van der Waals surface area (Å²) in [7, 11) is 0. The summed E-state index contributed by atoms with van der Waals surface area (Å²) in [6, 6.07) is 7.26. The fourth-order valence-corrected chi connectivity index (χ4v) is 4.38. The first-order valence-corrected chi connectivity index (χ1v) is 12.5. The van der Waals surface area contributed by atoms with Crippen LogP contribution in [-0.4, -0.2) is 82.8 Å². The van der Waals surface area contributed by atoms with Gasteiger partial charge in [0.05, 0.1) is 19.4 Å². The molecule has 2 aromatic heterocycles. The van der Waals surface area contributed by atoms with Crippen molar-refractivity contribution in [1.82, 2.24) is 20.2 Å². The topological polar surface area (TPSA) is 152 Å². The van der Waals surface area contributed by atoms with Crippen LogP contribution in [0.5, 0.6) is 5.75 Å². The normalized spacial score (nSPS) is 20.4. The third-order valence-corrected chi connectivity index (χ3v) is 6.43. The molecule has 3 aromatic rings. The second-order valence-electron chi connectivity index (χ2n) is 9.09. The molecule has 2 atom stereocenters. The molecular formula is C25H30N6O6. The molecule has 3 N–H and O–H groups in total. The van der Waals surface area contributed by atoms with Crippen LogP contribution in [0.3, 0.4) is 0 Å². The van der Waals surface area contributed by atoms with Crippen molar-refractivity contribution in [2.75, 3.05) is 49.7 Å². The van der Waals surface area contributed by atoms with Gasteiger partial charge in [0.1, 0.15) is 47.9 Å². The number of ketones is 1. The number of ether oxygens (including phenoxy) is 3. The zero-order valence-electron chi connectivity index (χ0n) is 20.4. The Morgan fingerprint density at radius 2 is 1.89 bits per heavy atom. The van der Waals surface area contributed by atoms with E-state index in [1.807, 2.05) is 12.1 Å². The van der Waals surface area contributed by atoms with Crippen LogP contribution >= 0.6 is 0 Å². The van der Waals surface area contributed by atoms with Crippen molar-refractivity contribution >= 4 is 34.1 Å². The molecule has 0 aliphatic carbocycles. The highest BCUT2D eigenvalue weighted by atomic mass is 16.6. The lowest BCUT2D eigenvalue weighted by Crippen LogP contribution is -2.43. The number of aliphatic hydroxyl groups excluding tert-OH is 1. The number of fused-ring (bicyclic) bond motifs is 1. The molecule has 2 aliphatic heterocycles. The SMILES string of the molecule is O=C(CO)[C@H]1CO[C@H](COc2ccc(Nc3nc(N4CCCCCC4)nc4cn[nH]c(=O)c34)cc2)CO1. The number of nitrogens with one attached hydrogen (secondary N) is 2. The van der Waals surface area contributed by atoms with Gasteiger partial charge < -0.3 is 29.5 Å². The third kappa shape index (κ3) is 6.04. The predicted octanol–water partition coefficient (Wildman–Crippen LogP) is 1.56. The van der Waals surface area contributed by atoms with E-state index in [9.17, 15) is 9.59 Å². The molecule has 0 saturated carbocycles. The summed E-state index contributed by atoms with van der Waals surface area (Å²) in [5, 5.41) is 18.9. The van der Waals surface area contributed by atoms with Gasteiger partial charge in [-0.15, -0.1) is 0 Å². The van der Waals surface area contributed by atoms with E-state index in [0.717, 1.165) is 31.6 Å². The highest BCUT2D eigenvalue weighted by Crippen LogP contribution is 2.26. The molecule has 12 nitrogen and oxygen atoms in total. The Labute approximate surface area is 213 Å². The summed E-state index contributed by atoms with van der Waals surface area (Å²) in [5.41, 5.74) is 0.853. The third-order valence-electron chi connectivity index (χ3n) is 6.43. The minimum Gasteiger partial charge on any atom is -0.491 e. The molecule has 12 heteroatoms. The highest BCUT2D eigenvalue weighted by Gasteiger charge is 2.27. The Morgan fingerprint density at radius 3 is 2.59 bits per heavy atom. The first-order chi connectivity index (χ1) is 18.1. The van der Waals surface area contributed by atoms with Crippen LogP contribution in [0.4, 0.5) is 17.5 Å². The van der Waals surface area contributed by atoms with Crippen molar-refractivity contribution in [2.45, 2.75) is 37.9 Å². The summed E-state index contributed by atoms with van der Waals surface area (Å²) in [6.07, 6.45) is 5.04. The number of rotatable bonds is 8. The van der Waals surface area contributed by atoms with Gasteiger partial charge in [-0.1, -0.05) is 12.8 Å². The van der Waals surface area contributed by atoms with E-state index < -0.39 is 18.5 Å². The van der Waals surface area contributed by atoms with Crippen molar-refractivity contribution in [3.8, 4) is 5.75 Å². The van der Waals surface area contributed by atoms with Gasteiger partial charge in [0, 0.05) is 18.8 Å². The lowest BCUT2D eigenvalue weighted by molar-refractivity contribution is -0.164. The minimum atomic E-state index is -0.729. The van der Waals surface area contributed by atoms with Gasteiger partial charge in [-0.2, -0.15) is 10.1 Å². The van der Waals surface area contributed by atoms with Gasteiger partial charge in [-0.25, -0.2) is 10.1 Å². The van der Waals surface area contributed by atoms with Gasteiger partial charge in [-0.3, -0.25) is 9.59 Å². The van der Waals surface area contributed by atoms with E-state index in [4.69, 9.17) is 24.3 Å². The van der Waals surface area contributed by atoms with E-state index >= 15 is 0 Å². The fourth-order valence-electron chi connectivity index (χ4n) is 4.38. The molecule has 0 radical (unpaired) electrons. The number of aromatic nitrogens is 4. The molecular weight excluding hydrogens is 480 g/mol. The first kappa shape index (κ1) is 25.1. The van der Waals surface area contributed by atoms with E-state index in [1.54, 1.807) is 18.3 Å². The smallest absolute Gasteiger partial charge is 0.277 e. The van der Waals surface area contributed by atoms with Crippen LogP contribution in [0.25, 0.3) is 10.9 Å². The van der Waals surface area contributed by atoms with Crippen LogP contribution in [-0.2, 0) is 14.3 Å². The molecule has 5 rings (SSSR count). The molecule has 2 fully saturated rings. The Bertz CT molecular complexity index is 1270. The summed E-state index contributed by atoms with van der Waals surface area (Å²) in [5.74, 6) is 1.24. The zero-order valence-corrected chi connectivity index (χ0v) is 20.4. The predicted molar refractivity (Wildman–Crippen MR) is 135 cm³/mol. The molecule has 0 amide bonds. The molecule has 0 bridgehead atoms. The zero-order chi connectivity index (χ0) is 25.6. The van der Waals surface area contributed by atoms with Crippen molar-refractivity contribution < 1.29 is 24.1 Å². The van der Waals surface area contributed by atoms with E-state index in [1.165, 1.54) is 12.8 Å². The van der Waals surface area contributed by atoms with Crippen molar-refractivity contribution in [2.24, 2.45) is 0 Å². The van der Waals surface area contributed by atoms with E-state index in [2.05, 4.69) is 25.4 Å². The molecule has 1 aromatic carbocycles. The quantitative estimate of drug-likeness (QED) is 0.405. The van der Waals surface area contributed by atoms with Crippen LogP contribution in [0.1, 0.15) is 25.7 Å².